The maximum absolute atomic E-state index is 12.2. The first kappa shape index (κ1) is 20.6. The van der Waals surface area contributed by atoms with Gasteiger partial charge in [0.1, 0.15) is 5.75 Å². The number of piperidine rings is 1. The predicted octanol–water partition coefficient (Wildman–Crippen LogP) is 3.23. The molecule has 0 aliphatic carbocycles. The van der Waals surface area contributed by atoms with E-state index in [2.05, 4.69) is 15.4 Å². The van der Waals surface area contributed by atoms with Gasteiger partial charge in [-0.25, -0.2) is 0 Å². The van der Waals surface area contributed by atoms with Crippen molar-refractivity contribution in [3.63, 3.8) is 0 Å². The molecule has 1 saturated heterocycles. The molecular weight excluding hydrogens is 345 g/mol. The van der Waals surface area contributed by atoms with Gasteiger partial charge in [0.2, 0.25) is 5.91 Å². The number of carbonyl (C=O) groups excluding carboxylic acids is 1. The summed E-state index contributed by atoms with van der Waals surface area (Å²) in [5.41, 5.74) is 0.821. The van der Waals surface area contributed by atoms with E-state index in [0.29, 0.717) is 6.54 Å². The Morgan fingerprint density at radius 2 is 2.04 bits per heavy atom. The van der Waals surface area contributed by atoms with Crippen molar-refractivity contribution in [1.82, 2.24) is 10.6 Å². The fourth-order valence-corrected chi connectivity index (χ4v) is 2.51. The predicted molar refractivity (Wildman–Crippen MR) is 87.4 cm³/mol. The Bertz CT molecular complexity index is 517. The highest BCUT2D eigenvalue weighted by molar-refractivity contribution is 5.85. The molecule has 0 radical (unpaired) electrons. The minimum absolute atomic E-state index is 0. The van der Waals surface area contributed by atoms with Gasteiger partial charge in [0.05, 0.1) is 12.0 Å². The van der Waals surface area contributed by atoms with E-state index in [1.54, 1.807) is 12.1 Å². The van der Waals surface area contributed by atoms with Gasteiger partial charge in [0, 0.05) is 6.54 Å². The minimum Gasteiger partial charge on any atom is -0.484 e. The molecule has 1 aliphatic rings. The van der Waals surface area contributed by atoms with Crippen molar-refractivity contribution in [3.8, 4) is 5.75 Å². The van der Waals surface area contributed by atoms with Gasteiger partial charge < -0.3 is 15.4 Å². The van der Waals surface area contributed by atoms with E-state index >= 15 is 0 Å². The fourth-order valence-electron chi connectivity index (χ4n) is 2.51. The Morgan fingerprint density at radius 1 is 1.38 bits per heavy atom. The largest absolute Gasteiger partial charge is 0.484 e. The first-order chi connectivity index (χ1) is 10.8. The van der Waals surface area contributed by atoms with E-state index in [9.17, 15) is 18.0 Å². The highest BCUT2D eigenvalue weighted by atomic mass is 35.5. The number of benzene rings is 1. The van der Waals surface area contributed by atoms with Crippen LogP contribution >= 0.6 is 12.4 Å². The molecule has 2 N–H and O–H groups in total. The molecule has 2 atom stereocenters. The van der Waals surface area contributed by atoms with Crippen molar-refractivity contribution in [2.75, 3.05) is 19.7 Å². The average Bonchev–Trinajstić information content (AvgIpc) is 2.53. The van der Waals surface area contributed by atoms with Gasteiger partial charge in [-0.3, -0.25) is 4.79 Å². The summed E-state index contributed by atoms with van der Waals surface area (Å²) >= 11 is 0. The van der Waals surface area contributed by atoms with Gasteiger partial charge in [0.25, 0.3) is 0 Å². The highest BCUT2D eigenvalue weighted by Gasteiger charge is 2.28. The van der Waals surface area contributed by atoms with Crippen molar-refractivity contribution >= 4 is 18.3 Å². The summed E-state index contributed by atoms with van der Waals surface area (Å²) in [5, 5.41) is 6.13. The maximum Gasteiger partial charge on any atom is 0.422 e. The molecule has 4 nitrogen and oxygen atoms in total. The molecule has 8 heteroatoms. The third kappa shape index (κ3) is 6.57. The third-order valence-electron chi connectivity index (χ3n) is 3.81. The molecule has 1 aromatic carbocycles. The van der Waals surface area contributed by atoms with Crippen LogP contribution in [0.2, 0.25) is 0 Å². The third-order valence-corrected chi connectivity index (χ3v) is 3.81. The summed E-state index contributed by atoms with van der Waals surface area (Å²) in [7, 11) is 0. The lowest BCUT2D eigenvalue weighted by molar-refractivity contribution is -0.153. The van der Waals surface area contributed by atoms with Crippen LogP contribution in [0.3, 0.4) is 0 Å². The first-order valence-electron chi connectivity index (χ1n) is 7.66. The minimum atomic E-state index is -4.35. The van der Waals surface area contributed by atoms with Crippen LogP contribution in [-0.4, -0.2) is 31.8 Å². The van der Waals surface area contributed by atoms with Gasteiger partial charge in [-0.15, -0.1) is 12.4 Å². The SMILES string of the molecule is CC(NC(=O)C1CCCNC1)c1ccc(OCC(F)(F)F)cc1.Cl. The Morgan fingerprint density at radius 3 is 2.58 bits per heavy atom. The molecule has 2 unspecified atom stereocenters. The van der Waals surface area contributed by atoms with E-state index in [4.69, 9.17) is 0 Å². The van der Waals surface area contributed by atoms with Crippen molar-refractivity contribution in [2.24, 2.45) is 5.92 Å². The maximum atomic E-state index is 12.2. The summed E-state index contributed by atoms with van der Waals surface area (Å²) < 4.78 is 40.9. The number of carbonyl (C=O) groups is 1. The Balaban J connectivity index is 0.00000288. The van der Waals surface area contributed by atoms with Gasteiger partial charge in [-0.2, -0.15) is 13.2 Å². The molecule has 0 aromatic heterocycles. The summed E-state index contributed by atoms with van der Waals surface area (Å²) in [6.45, 7) is 2.16. The molecule has 136 valence electrons. The number of amides is 1. The topological polar surface area (TPSA) is 50.4 Å². The Kier molecular flexibility index (Phi) is 7.83. The molecule has 0 saturated carbocycles. The van der Waals surface area contributed by atoms with Crippen molar-refractivity contribution < 1.29 is 22.7 Å². The van der Waals surface area contributed by atoms with Gasteiger partial charge >= 0.3 is 6.18 Å². The van der Waals surface area contributed by atoms with Crippen LogP contribution in [0.15, 0.2) is 24.3 Å². The summed E-state index contributed by atoms with van der Waals surface area (Å²) in [6, 6.07) is 6.07. The second kappa shape index (κ2) is 9.13. The summed E-state index contributed by atoms with van der Waals surface area (Å²) in [4.78, 5) is 12.2. The number of ether oxygens (including phenoxy) is 1. The number of nitrogens with one attached hydrogen (secondary N) is 2. The number of hydrogen-bond acceptors (Lipinski definition) is 3. The van der Waals surface area contributed by atoms with Crippen LogP contribution in [0, 0.1) is 5.92 Å². The summed E-state index contributed by atoms with van der Waals surface area (Å²) in [6.07, 6.45) is -2.50. The van der Waals surface area contributed by atoms with E-state index < -0.39 is 12.8 Å². The lowest BCUT2D eigenvalue weighted by Crippen LogP contribution is -2.41. The van der Waals surface area contributed by atoms with Crippen LogP contribution in [0.1, 0.15) is 31.4 Å². The normalized spacial score (nSPS) is 19.1. The molecule has 1 aliphatic heterocycles. The number of halogens is 4. The van der Waals surface area contributed by atoms with Crippen molar-refractivity contribution in [3.05, 3.63) is 29.8 Å². The zero-order valence-electron chi connectivity index (χ0n) is 13.4. The number of alkyl halides is 3. The second-order valence-electron chi connectivity index (χ2n) is 5.75. The van der Waals surface area contributed by atoms with Crippen LogP contribution in [0.25, 0.3) is 0 Å². The smallest absolute Gasteiger partial charge is 0.422 e. The monoisotopic (exact) mass is 366 g/mol. The highest BCUT2D eigenvalue weighted by Crippen LogP contribution is 2.21. The lowest BCUT2D eigenvalue weighted by atomic mass is 9.98. The molecular formula is C16H22ClF3N2O2. The van der Waals surface area contributed by atoms with Crippen LogP contribution < -0.4 is 15.4 Å². The molecule has 1 fully saturated rings. The lowest BCUT2D eigenvalue weighted by Gasteiger charge is -2.24. The Hall–Kier alpha value is -1.47. The van der Waals surface area contributed by atoms with Crippen LogP contribution in [0.5, 0.6) is 5.75 Å². The van der Waals surface area contributed by atoms with E-state index in [-0.39, 0.29) is 36.0 Å². The van der Waals surface area contributed by atoms with Crippen LogP contribution in [0.4, 0.5) is 13.2 Å². The molecule has 1 amide bonds. The summed E-state index contributed by atoms with van der Waals surface area (Å²) in [5.74, 6) is 0.128. The molecule has 0 bridgehead atoms. The second-order valence-corrected chi connectivity index (χ2v) is 5.75. The van der Waals surface area contributed by atoms with Crippen molar-refractivity contribution in [1.29, 1.82) is 0 Å². The molecule has 2 rings (SSSR count). The standard InChI is InChI=1S/C16H21F3N2O2.ClH/c1-11(21-15(22)13-3-2-8-20-9-13)12-4-6-14(7-5-12)23-10-16(17,18)19;/h4-7,11,13,20H,2-3,8-10H2,1H3,(H,21,22);1H. The van der Waals surface area contributed by atoms with E-state index in [1.807, 2.05) is 6.92 Å². The van der Waals surface area contributed by atoms with Crippen molar-refractivity contribution in [2.45, 2.75) is 32.0 Å². The van der Waals surface area contributed by atoms with E-state index in [1.165, 1.54) is 12.1 Å². The first-order valence-corrected chi connectivity index (χ1v) is 7.66. The van der Waals surface area contributed by atoms with Gasteiger partial charge in [-0.1, -0.05) is 12.1 Å². The van der Waals surface area contributed by atoms with E-state index in [0.717, 1.165) is 24.9 Å². The number of hydrogen-bond donors (Lipinski definition) is 2. The molecule has 1 heterocycles. The average molecular weight is 367 g/mol. The zero-order valence-corrected chi connectivity index (χ0v) is 14.2. The van der Waals surface area contributed by atoms with Gasteiger partial charge in [0.15, 0.2) is 6.61 Å². The fraction of sp³-hybridized carbons (Fsp3) is 0.562. The Labute approximate surface area is 145 Å². The van der Waals surface area contributed by atoms with Crippen LogP contribution in [-0.2, 0) is 4.79 Å². The number of rotatable bonds is 5. The molecule has 0 spiro atoms. The zero-order chi connectivity index (χ0) is 16.9. The molecule has 24 heavy (non-hydrogen) atoms. The van der Waals surface area contributed by atoms with Gasteiger partial charge in [-0.05, 0) is 44.0 Å². The quantitative estimate of drug-likeness (QED) is 0.841. The molecule has 1 aromatic rings.